The van der Waals surface area contributed by atoms with E-state index in [0.29, 0.717) is 0 Å². The van der Waals surface area contributed by atoms with Gasteiger partial charge in [-0.3, -0.25) is 0 Å². The van der Waals surface area contributed by atoms with Crippen LogP contribution in [0.4, 0.5) is 19.2 Å². The number of alkyl halides is 3. The fourth-order valence-corrected chi connectivity index (χ4v) is 0.944. The summed E-state index contributed by atoms with van der Waals surface area (Å²) >= 11 is 0. The number of nitrogens with two attached hydrogens (primary N) is 1. The molecular formula is C7H9F3N2O. The molecule has 1 rings (SSSR count). The van der Waals surface area contributed by atoms with Gasteiger partial charge in [0.25, 0.3) is 6.01 Å². The number of oxazole rings is 1. The Labute approximate surface area is 72.7 Å². The van der Waals surface area contributed by atoms with Crippen LogP contribution in [0.3, 0.4) is 0 Å². The summed E-state index contributed by atoms with van der Waals surface area (Å²) in [5, 5.41) is 0. The molecule has 0 spiro atoms. The topological polar surface area (TPSA) is 52.0 Å². The second-order valence-electron chi connectivity index (χ2n) is 2.92. The highest BCUT2D eigenvalue weighted by Gasteiger charge is 2.39. The average molecular weight is 194 g/mol. The molecule has 0 atom stereocenters. The predicted molar refractivity (Wildman–Crippen MR) is 40.0 cm³/mol. The maximum atomic E-state index is 12.2. The van der Waals surface area contributed by atoms with E-state index in [2.05, 4.69) is 9.40 Å². The van der Waals surface area contributed by atoms with E-state index in [1.165, 1.54) is 0 Å². The zero-order valence-corrected chi connectivity index (χ0v) is 7.14. The van der Waals surface area contributed by atoms with Crippen LogP contribution < -0.4 is 5.73 Å². The lowest BCUT2D eigenvalue weighted by Crippen LogP contribution is -2.08. The number of nitrogens with zero attached hydrogens (tertiary/aromatic N) is 1. The summed E-state index contributed by atoms with van der Waals surface area (Å²) in [6.45, 7) is 3.18. The SMILES string of the molecule is CC(C)c1nc(N)oc1C(F)(F)F. The highest BCUT2D eigenvalue weighted by atomic mass is 19.4. The molecule has 0 aliphatic heterocycles. The van der Waals surface area contributed by atoms with Crippen LogP contribution in [0.5, 0.6) is 0 Å². The van der Waals surface area contributed by atoms with E-state index in [1.54, 1.807) is 13.8 Å². The molecule has 74 valence electrons. The van der Waals surface area contributed by atoms with Crippen molar-refractivity contribution in [1.29, 1.82) is 0 Å². The van der Waals surface area contributed by atoms with Crippen LogP contribution in [0.1, 0.15) is 31.2 Å². The minimum Gasteiger partial charge on any atom is -0.419 e. The Kier molecular flexibility index (Phi) is 2.23. The standard InChI is InChI=1S/C7H9F3N2O/c1-3(2)4-5(7(8,9)10)13-6(11)12-4/h3H,1-2H3,(H2,11,12). The molecule has 0 aromatic carbocycles. The Hall–Kier alpha value is -1.20. The summed E-state index contributed by atoms with van der Waals surface area (Å²) in [7, 11) is 0. The summed E-state index contributed by atoms with van der Waals surface area (Å²) in [5.74, 6) is -1.46. The smallest absolute Gasteiger partial charge is 0.419 e. The zero-order valence-electron chi connectivity index (χ0n) is 7.14. The molecular weight excluding hydrogens is 185 g/mol. The molecule has 0 amide bonds. The first-order valence-electron chi connectivity index (χ1n) is 3.65. The van der Waals surface area contributed by atoms with Gasteiger partial charge in [-0.15, -0.1) is 0 Å². The van der Waals surface area contributed by atoms with Crippen molar-refractivity contribution >= 4 is 6.01 Å². The Morgan fingerprint density at radius 3 is 2.23 bits per heavy atom. The second-order valence-corrected chi connectivity index (χ2v) is 2.92. The summed E-state index contributed by atoms with van der Waals surface area (Å²) < 4.78 is 41.0. The number of hydrogen-bond donors (Lipinski definition) is 1. The van der Waals surface area contributed by atoms with Crippen molar-refractivity contribution in [1.82, 2.24) is 4.98 Å². The molecule has 0 saturated carbocycles. The van der Waals surface area contributed by atoms with E-state index < -0.39 is 18.0 Å². The molecule has 0 unspecified atom stereocenters. The van der Waals surface area contributed by atoms with Crippen molar-refractivity contribution in [3.05, 3.63) is 11.5 Å². The summed E-state index contributed by atoms with van der Waals surface area (Å²) in [6.07, 6.45) is -4.52. The van der Waals surface area contributed by atoms with Crippen LogP contribution in [0.25, 0.3) is 0 Å². The van der Waals surface area contributed by atoms with Gasteiger partial charge < -0.3 is 10.2 Å². The first-order chi connectivity index (χ1) is 5.82. The maximum Gasteiger partial charge on any atom is 0.451 e. The van der Waals surface area contributed by atoms with E-state index in [1.807, 2.05) is 0 Å². The van der Waals surface area contributed by atoms with Gasteiger partial charge >= 0.3 is 6.18 Å². The van der Waals surface area contributed by atoms with Gasteiger partial charge in [0, 0.05) is 0 Å². The number of rotatable bonds is 1. The molecule has 1 aromatic rings. The highest BCUT2D eigenvalue weighted by molar-refractivity contribution is 5.24. The largest absolute Gasteiger partial charge is 0.451 e. The van der Waals surface area contributed by atoms with E-state index in [0.717, 1.165) is 0 Å². The first kappa shape index (κ1) is 9.88. The van der Waals surface area contributed by atoms with Crippen molar-refractivity contribution in [2.45, 2.75) is 25.9 Å². The Balaban J connectivity index is 3.20. The maximum absolute atomic E-state index is 12.2. The monoisotopic (exact) mass is 194 g/mol. The molecule has 0 bridgehead atoms. The van der Waals surface area contributed by atoms with E-state index >= 15 is 0 Å². The normalized spacial score (nSPS) is 12.5. The third-order valence-electron chi connectivity index (χ3n) is 1.47. The molecule has 0 saturated heterocycles. The Bertz CT molecular complexity index is 303. The van der Waals surface area contributed by atoms with Crippen molar-refractivity contribution in [2.24, 2.45) is 0 Å². The summed E-state index contributed by atoms with van der Waals surface area (Å²) in [5.41, 5.74) is 4.89. The second kappa shape index (κ2) is 2.93. The summed E-state index contributed by atoms with van der Waals surface area (Å²) in [6, 6.07) is -0.448. The molecule has 0 radical (unpaired) electrons. The Morgan fingerprint density at radius 1 is 1.38 bits per heavy atom. The fraction of sp³-hybridized carbons (Fsp3) is 0.571. The Morgan fingerprint density at radius 2 is 1.92 bits per heavy atom. The van der Waals surface area contributed by atoms with Gasteiger partial charge in [0.05, 0.1) is 5.69 Å². The van der Waals surface area contributed by atoms with E-state index in [9.17, 15) is 13.2 Å². The number of hydrogen-bond acceptors (Lipinski definition) is 3. The van der Waals surface area contributed by atoms with Crippen LogP contribution >= 0.6 is 0 Å². The van der Waals surface area contributed by atoms with Crippen molar-refractivity contribution in [3.63, 3.8) is 0 Å². The van der Waals surface area contributed by atoms with Crippen LogP contribution in [-0.4, -0.2) is 4.98 Å². The van der Waals surface area contributed by atoms with Gasteiger partial charge in [-0.1, -0.05) is 13.8 Å². The number of halogens is 3. The van der Waals surface area contributed by atoms with Crippen LogP contribution in [0.15, 0.2) is 4.42 Å². The lowest BCUT2D eigenvalue weighted by atomic mass is 10.1. The molecule has 13 heavy (non-hydrogen) atoms. The van der Waals surface area contributed by atoms with Crippen LogP contribution in [0, 0.1) is 0 Å². The molecule has 3 nitrogen and oxygen atoms in total. The molecule has 0 aliphatic carbocycles. The van der Waals surface area contributed by atoms with Gasteiger partial charge in [-0.25, -0.2) is 0 Å². The predicted octanol–water partition coefficient (Wildman–Crippen LogP) is 2.40. The minimum absolute atomic E-state index is 0.148. The van der Waals surface area contributed by atoms with E-state index in [-0.39, 0.29) is 11.6 Å². The lowest BCUT2D eigenvalue weighted by Gasteiger charge is -2.05. The molecule has 1 heterocycles. The van der Waals surface area contributed by atoms with Gasteiger partial charge in [0.1, 0.15) is 0 Å². The van der Waals surface area contributed by atoms with Gasteiger partial charge in [-0.2, -0.15) is 18.2 Å². The molecule has 0 fully saturated rings. The quantitative estimate of drug-likeness (QED) is 0.746. The number of aromatic nitrogens is 1. The van der Waals surface area contributed by atoms with Gasteiger partial charge in [-0.05, 0) is 5.92 Å². The summed E-state index contributed by atoms with van der Waals surface area (Å²) in [4.78, 5) is 3.47. The van der Waals surface area contributed by atoms with E-state index in [4.69, 9.17) is 5.73 Å². The number of nitrogen functional groups attached to an aromatic ring is 1. The number of anilines is 1. The molecule has 1 aromatic heterocycles. The van der Waals surface area contributed by atoms with Gasteiger partial charge in [0.15, 0.2) is 0 Å². The van der Waals surface area contributed by atoms with Crippen LogP contribution in [0.2, 0.25) is 0 Å². The third-order valence-corrected chi connectivity index (χ3v) is 1.47. The minimum atomic E-state index is -4.52. The van der Waals surface area contributed by atoms with Crippen molar-refractivity contribution in [3.8, 4) is 0 Å². The molecule has 2 N–H and O–H groups in total. The van der Waals surface area contributed by atoms with Crippen molar-refractivity contribution in [2.75, 3.05) is 5.73 Å². The van der Waals surface area contributed by atoms with Gasteiger partial charge in [0.2, 0.25) is 5.76 Å². The zero-order chi connectivity index (χ0) is 10.2. The van der Waals surface area contributed by atoms with Crippen molar-refractivity contribution < 1.29 is 17.6 Å². The average Bonchev–Trinajstić information content (AvgIpc) is 2.29. The highest BCUT2D eigenvalue weighted by Crippen LogP contribution is 2.35. The lowest BCUT2D eigenvalue weighted by molar-refractivity contribution is -0.153. The molecule has 0 aliphatic rings. The van der Waals surface area contributed by atoms with Crippen LogP contribution in [-0.2, 0) is 6.18 Å². The fourth-order valence-electron chi connectivity index (χ4n) is 0.944. The first-order valence-corrected chi connectivity index (χ1v) is 3.65. The molecule has 6 heteroatoms. The third kappa shape index (κ3) is 1.93.